The van der Waals surface area contributed by atoms with E-state index in [1.807, 2.05) is 29.3 Å². The van der Waals surface area contributed by atoms with E-state index in [-0.39, 0.29) is 5.91 Å². The van der Waals surface area contributed by atoms with Crippen molar-refractivity contribution in [3.63, 3.8) is 0 Å². The molecule has 0 aliphatic rings. The Hall–Kier alpha value is -1.50. The average molecular weight is 334 g/mol. The van der Waals surface area contributed by atoms with Gasteiger partial charge in [0.2, 0.25) is 5.91 Å². The Morgan fingerprint density at radius 2 is 2.00 bits per heavy atom. The van der Waals surface area contributed by atoms with Crippen molar-refractivity contribution < 1.29 is 4.79 Å². The third kappa shape index (κ3) is 3.58. The molecule has 3 heterocycles. The monoisotopic (exact) mass is 334 g/mol. The van der Waals surface area contributed by atoms with Crippen molar-refractivity contribution in [2.75, 3.05) is 7.05 Å². The lowest BCUT2D eigenvalue weighted by molar-refractivity contribution is -0.129. The Balaban J connectivity index is 1.62. The maximum atomic E-state index is 12.2. The number of hydrogen-bond donors (Lipinski definition) is 0. The van der Waals surface area contributed by atoms with Crippen molar-refractivity contribution in [1.29, 1.82) is 0 Å². The number of rotatable bonds is 5. The summed E-state index contributed by atoms with van der Waals surface area (Å²) in [5.41, 5.74) is 3.16. The van der Waals surface area contributed by atoms with Crippen molar-refractivity contribution in [2.45, 2.75) is 13.0 Å². The van der Waals surface area contributed by atoms with Gasteiger partial charge in [-0.15, -0.1) is 11.3 Å². The summed E-state index contributed by atoms with van der Waals surface area (Å²) in [5.74, 6) is 0.100. The summed E-state index contributed by atoms with van der Waals surface area (Å²) in [6.07, 6.45) is 0.362. The van der Waals surface area contributed by atoms with Crippen molar-refractivity contribution in [3.8, 4) is 10.6 Å². The van der Waals surface area contributed by atoms with E-state index < -0.39 is 0 Å². The molecule has 0 bridgehead atoms. The fourth-order valence-electron chi connectivity index (χ4n) is 1.94. The quantitative estimate of drug-likeness (QED) is 0.703. The number of aromatic nitrogens is 1. The van der Waals surface area contributed by atoms with Crippen molar-refractivity contribution in [1.82, 2.24) is 9.88 Å². The molecule has 0 fully saturated rings. The molecule has 0 spiro atoms. The van der Waals surface area contributed by atoms with Crippen LogP contribution in [0.25, 0.3) is 10.6 Å². The Morgan fingerprint density at radius 3 is 2.71 bits per heavy atom. The molecule has 0 aromatic carbocycles. The van der Waals surface area contributed by atoms with Crippen LogP contribution in [-0.2, 0) is 17.8 Å². The van der Waals surface area contributed by atoms with E-state index in [1.54, 1.807) is 38.9 Å². The minimum Gasteiger partial charge on any atom is -0.341 e. The van der Waals surface area contributed by atoms with Crippen LogP contribution in [0.15, 0.2) is 39.0 Å². The highest BCUT2D eigenvalue weighted by Gasteiger charge is 2.13. The van der Waals surface area contributed by atoms with Gasteiger partial charge in [-0.1, -0.05) is 0 Å². The predicted octanol–water partition coefficient (Wildman–Crippen LogP) is 4.13. The second-order valence-corrected chi connectivity index (χ2v) is 7.13. The normalized spacial score (nSPS) is 10.7. The largest absolute Gasteiger partial charge is 0.341 e. The summed E-state index contributed by atoms with van der Waals surface area (Å²) in [4.78, 5) is 18.5. The van der Waals surface area contributed by atoms with Gasteiger partial charge >= 0.3 is 0 Å². The van der Waals surface area contributed by atoms with Crippen LogP contribution in [0.1, 0.15) is 11.3 Å². The molecule has 0 radical (unpaired) electrons. The first-order chi connectivity index (χ1) is 10.2. The molecule has 6 heteroatoms. The van der Waals surface area contributed by atoms with Gasteiger partial charge in [0.05, 0.1) is 12.1 Å². The number of thiophene rings is 2. The fraction of sp³-hybridized carbons (Fsp3) is 0.200. The molecular weight excluding hydrogens is 320 g/mol. The topological polar surface area (TPSA) is 33.2 Å². The second kappa shape index (κ2) is 6.51. The van der Waals surface area contributed by atoms with E-state index in [9.17, 15) is 4.79 Å². The van der Waals surface area contributed by atoms with Crippen LogP contribution in [0.3, 0.4) is 0 Å². The Morgan fingerprint density at radius 1 is 1.19 bits per heavy atom. The van der Waals surface area contributed by atoms with E-state index in [4.69, 9.17) is 0 Å². The minimum absolute atomic E-state index is 0.100. The molecule has 0 unspecified atom stereocenters. The van der Waals surface area contributed by atoms with Crippen molar-refractivity contribution >= 4 is 39.9 Å². The van der Waals surface area contributed by atoms with Crippen molar-refractivity contribution in [2.24, 2.45) is 0 Å². The number of hydrogen-bond acceptors (Lipinski definition) is 5. The molecule has 3 aromatic rings. The highest BCUT2D eigenvalue weighted by Crippen LogP contribution is 2.26. The molecule has 0 aliphatic heterocycles. The third-order valence-corrected chi connectivity index (χ3v) is 5.43. The first kappa shape index (κ1) is 14.4. The van der Waals surface area contributed by atoms with Crippen LogP contribution in [-0.4, -0.2) is 22.8 Å². The maximum Gasteiger partial charge on any atom is 0.228 e. The van der Waals surface area contributed by atoms with E-state index in [1.165, 1.54) is 5.56 Å². The summed E-state index contributed by atoms with van der Waals surface area (Å²) in [6, 6.07) is 4.10. The molecule has 0 N–H and O–H groups in total. The van der Waals surface area contributed by atoms with Crippen LogP contribution in [0, 0.1) is 0 Å². The first-order valence-corrected chi connectivity index (χ1v) is 9.21. The molecule has 108 valence electrons. The lowest BCUT2D eigenvalue weighted by Crippen LogP contribution is -2.27. The van der Waals surface area contributed by atoms with E-state index in [0.717, 1.165) is 16.3 Å². The Kier molecular flexibility index (Phi) is 4.48. The highest BCUT2D eigenvalue weighted by molar-refractivity contribution is 7.14. The van der Waals surface area contributed by atoms with Gasteiger partial charge in [0, 0.05) is 29.9 Å². The third-order valence-electron chi connectivity index (χ3n) is 3.08. The lowest BCUT2D eigenvalue weighted by atomic mass is 10.2. The molecule has 0 saturated carbocycles. The van der Waals surface area contributed by atoms with Gasteiger partial charge in [0.25, 0.3) is 0 Å². The number of carbonyl (C=O) groups excluding carboxylic acids is 1. The number of carbonyl (C=O) groups is 1. The SMILES string of the molecule is CN(Cc1ccsc1)C(=O)Cc1csc(-c2ccsc2)n1. The molecule has 1 amide bonds. The zero-order valence-corrected chi connectivity index (χ0v) is 13.9. The van der Waals surface area contributed by atoms with Gasteiger partial charge in [-0.2, -0.15) is 22.7 Å². The highest BCUT2D eigenvalue weighted by atomic mass is 32.1. The summed E-state index contributed by atoms with van der Waals surface area (Å²) < 4.78 is 0. The first-order valence-electron chi connectivity index (χ1n) is 6.44. The predicted molar refractivity (Wildman–Crippen MR) is 89.9 cm³/mol. The van der Waals surface area contributed by atoms with E-state index >= 15 is 0 Å². The van der Waals surface area contributed by atoms with Crippen LogP contribution in [0.4, 0.5) is 0 Å². The maximum absolute atomic E-state index is 12.2. The summed E-state index contributed by atoms with van der Waals surface area (Å²) in [7, 11) is 1.84. The Labute approximate surface area is 135 Å². The summed E-state index contributed by atoms with van der Waals surface area (Å²) in [6.45, 7) is 0.657. The molecule has 3 nitrogen and oxygen atoms in total. The van der Waals surface area contributed by atoms with Gasteiger partial charge in [-0.3, -0.25) is 4.79 Å². The van der Waals surface area contributed by atoms with Crippen LogP contribution < -0.4 is 0 Å². The van der Waals surface area contributed by atoms with Gasteiger partial charge < -0.3 is 4.90 Å². The van der Waals surface area contributed by atoms with Crippen LogP contribution in [0.5, 0.6) is 0 Å². The zero-order chi connectivity index (χ0) is 14.7. The molecular formula is C15H14N2OS3. The van der Waals surface area contributed by atoms with Crippen molar-refractivity contribution in [3.05, 3.63) is 50.3 Å². The van der Waals surface area contributed by atoms with E-state index in [2.05, 4.69) is 21.8 Å². The molecule has 0 atom stereocenters. The van der Waals surface area contributed by atoms with Crippen LogP contribution >= 0.6 is 34.0 Å². The second-order valence-electron chi connectivity index (χ2n) is 4.71. The Bertz CT molecular complexity index is 701. The molecule has 21 heavy (non-hydrogen) atoms. The van der Waals surface area contributed by atoms with Gasteiger partial charge in [-0.05, 0) is 33.8 Å². The number of nitrogens with zero attached hydrogens (tertiary/aromatic N) is 2. The standard InChI is InChI=1S/C15H14N2OS3/c1-17(7-11-2-4-19-8-11)14(18)6-13-10-21-15(16-13)12-3-5-20-9-12/h2-5,8-10H,6-7H2,1H3. The van der Waals surface area contributed by atoms with Gasteiger partial charge in [-0.25, -0.2) is 4.98 Å². The summed E-state index contributed by atoms with van der Waals surface area (Å²) >= 11 is 4.90. The zero-order valence-electron chi connectivity index (χ0n) is 11.5. The number of likely N-dealkylation sites (N-methyl/N-ethyl adjacent to an activating group) is 1. The van der Waals surface area contributed by atoms with Gasteiger partial charge in [0.1, 0.15) is 5.01 Å². The van der Waals surface area contributed by atoms with Gasteiger partial charge in [0.15, 0.2) is 0 Å². The smallest absolute Gasteiger partial charge is 0.228 e. The van der Waals surface area contributed by atoms with Crippen LogP contribution in [0.2, 0.25) is 0 Å². The molecule has 3 aromatic heterocycles. The number of thiazole rings is 1. The molecule has 0 saturated heterocycles. The molecule has 3 rings (SSSR count). The fourth-order valence-corrected chi connectivity index (χ4v) is 4.13. The molecule has 0 aliphatic carbocycles. The summed E-state index contributed by atoms with van der Waals surface area (Å²) in [5, 5.41) is 11.2. The minimum atomic E-state index is 0.100. The lowest BCUT2D eigenvalue weighted by Gasteiger charge is -2.15. The average Bonchev–Trinajstić information content (AvgIpc) is 3.20. The number of amides is 1. The van der Waals surface area contributed by atoms with E-state index in [0.29, 0.717) is 13.0 Å².